The highest BCUT2D eigenvalue weighted by atomic mass is 16.5. The summed E-state index contributed by atoms with van der Waals surface area (Å²) in [7, 11) is 0. The Morgan fingerprint density at radius 2 is 1.90 bits per heavy atom. The van der Waals surface area contributed by atoms with Gasteiger partial charge in [0.15, 0.2) is 0 Å². The van der Waals surface area contributed by atoms with E-state index in [1.54, 1.807) is 0 Å². The second-order valence-corrected chi connectivity index (χ2v) is 6.07. The summed E-state index contributed by atoms with van der Waals surface area (Å²) in [5.41, 5.74) is 1.03. The summed E-state index contributed by atoms with van der Waals surface area (Å²) >= 11 is 0. The third kappa shape index (κ3) is 2.38. The van der Waals surface area contributed by atoms with E-state index in [-0.39, 0.29) is 0 Å². The predicted molar refractivity (Wildman–Crippen MR) is 80.0 cm³/mol. The summed E-state index contributed by atoms with van der Waals surface area (Å²) in [6, 6.07) is 11.6. The van der Waals surface area contributed by atoms with Crippen molar-refractivity contribution in [2.24, 2.45) is 0 Å². The van der Waals surface area contributed by atoms with E-state index in [1.165, 1.54) is 19.3 Å². The van der Waals surface area contributed by atoms with Crippen LogP contribution in [-0.2, 0) is 0 Å². The SMILES string of the molecule is c1ccc2ncc(OC3CC4CCCC(C3)N4)cc2c1. The number of nitrogens with one attached hydrogen (secondary N) is 1. The minimum absolute atomic E-state index is 0.342. The van der Waals surface area contributed by atoms with Crippen LogP contribution < -0.4 is 10.1 Å². The Balaban J connectivity index is 1.52. The van der Waals surface area contributed by atoms with Crippen LogP contribution in [0.1, 0.15) is 32.1 Å². The maximum absolute atomic E-state index is 6.20. The van der Waals surface area contributed by atoms with Crippen molar-refractivity contribution in [1.82, 2.24) is 10.3 Å². The maximum atomic E-state index is 6.20. The summed E-state index contributed by atoms with van der Waals surface area (Å²) in [4.78, 5) is 4.48. The zero-order valence-corrected chi connectivity index (χ0v) is 11.6. The third-order valence-corrected chi connectivity index (χ3v) is 4.54. The molecule has 2 bridgehead atoms. The molecule has 2 aromatic rings. The van der Waals surface area contributed by atoms with E-state index in [2.05, 4.69) is 22.4 Å². The molecule has 2 unspecified atom stereocenters. The molecule has 104 valence electrons. The molecule has 0 aliphatic carbocycles. The number of ether oxygens (including phenoxy) is 1. The van der Waals surface area contributed by atoms with Crippen LogP contribution in [0.4, 0.5) is 0 Å². The molecular formula is C17H20N2O. The molecule has 0 saturated carbocycles. The molecule has 2 saturated heterocycles. The summed E-state index contributed by atoms with van der Waals surface area (Å²) < 4.78 is 6.20. The van der Waals surface area contributed by atoms with E-state index < -0.39 is 0 Å². The fraction of sp³-hybridized carbons (Fsp3) is 0.471. The maximum Gasteiger partial charge on any atom is 0.138 e. The monoisotopic (exact) mass is 268 g/mol. The van der Waals surface area contributed by atoms with Crippen LogP contribution in [-0.4, -0.2) is 23.2 Å². The van der Waals surface area contributed by atoms with Crippen LogP contribution in [0.25, 0.3) is 10.9 Å². The molecule has 3 nitrogen and oxygen atoms in total. The number of pyridine rings is 1. The highest BCUT2D eigenvalue weighted by molar-refractivity contribution is 5.79. The van der Waals surface area contributed by atoms with Gasteiger partial charge in [-0.25, -0.2) is 0 Å². The molecular weight excluding hydrogens is 248 g/mol. The first-order valence-electron chi connectivity index (χ1n) is 7.64. The van der Waals surface area contributed by atoms with Crippen molar-refractivity contribution in [1.29, 1.82) is 0 Å². The Hall–Kier alpha value is -1.61. The molecule has 4 rings (SSSR count). The van der Waals surface area contributed by atoms with Gasteiger partial charge in [-0.05, 0) is 37.8 Å². The van der Waals surface area contributed by atoms with Crippen LogP contribution in [0.5, 0.6) is 5.75 Å². The number of rotatable bonds is 2. The normalized spacial score (nSPS) is 29.3. The highest BCUT2D eigenvalue weighted by Gasteiger charge is 2.32. The van der Waals surface area contributed by atoms with E-state index in [0.717, 1.165) is 29.5 Å². The molecule has 1 aromatic carbocycles. The number of para-hydroxylation sites is 1. The molecule has 3 heteroatoms. The fourth-order valence-electron chi connectivity index (χ4n) is 3.62. The average Bonchev–Trinajstić information content (AvgIpc) is 2.47. The van der Waals surface area contributed by atoms with Crippen molar-refractivity contribution in [3.05, 3.63) is 36.5 Å². The quantitative estimate of drug-likeness (QED) is 0.907. The summed E-state index contributed by atoms with van der Waals surface area (Å²) in [5, 5.41) is 4.85. The number of fused-ring (bicyclic) bond motifs is 3. The number of piperidine rings is 2. The first-order valence-corrected chi connectivity index (χ1v) is 7.64. The van der Waals surface area contributed by atoms with E-state index in [0.29, 0.717) is 18.2 Å². The van der Waals surface area contributed by atoms with Gasteiger partial charge in [0.2, 0.25) is 0 Å². The lowest BCUT2D eigenvalue weighted by atomic mass is 9.85. The zero-order valence-electron chi connectivity index (χ0n) is 11.6. The number of benzene rings is 1. The van der Waals surface area contributed by atoms with Crippen molar-refractivity contribution in [3.8, 4) is 5.75 Å². The van der Waals surface area contributed by atoms with E-state index in [1.807, 2.05) is 24.4 Å². The Morgan fingerprint density at radius 1 is 1.10 bits per heavy atom. The highest BCUT2D eigenvalue weighted by Crippen LogP contribution is 2.29. The van der Waals surface area contributed by atoms with Gasteiger partial charge in [-0.15, -0.1) is 0 Å². The molecule has 0 radical (unpaired) electrons. The largest absolute Gasteiger partial charge is 0.489 e. The minimum atomic E-state index is 0.342. The Kier molecular flexibility index (Phi) is 3.07. The van der Waals surface area contributed by atoms with Crippen molar-refractivity contribution < 1.29 is 4.74 Å². The van der Waals surface area contributed by atoms with Crippen LogP contribution in [0.3, 0.4) is 0 Å². The standard InChI is InChI=1S/C17H20N2O/c1-2-7-17-12(4-1)8-16(11-18-17)20-15-9-13-5-3-6-14(10-15)19-13/h1-2,4,7-8,11,13-15,19H,3,5-6,9-10H2. The number of aromatic nitrogens is 1. The Bertz CT molecular complexity index is 601. The minimum Gasteiger partial charge on any atom is -0.489 e. The molecule has 20 heavy (non-hydrogen) atoms. The van der Waals surface area contributed by atoms with Crippen molar-refractivity contribution in [2.45, 2.75) is 50.3 Å². The lowest BCUT2D eigenvalue weighted by molar-refractivity contribution is 0.0926. The predicted octanol–water partition coefficient (Wildman–Crippen LogP) is 3.29. The van der Waals surface area contributed by atoms with Gasteiger partial charge >= 0.3 is 0 Å². The molecule has 0 spiro atoms. The fourth-order valence-corrected chi connectivity index (χ4v) is 3.62. The number of hydrogen-bond acceptors (Lipinski definition) is 3. The summed E-state index contributed by atoms with van der Waals surface area (Å²) in [6.07, 6.45) is 8.42. The third-order valence-electron chi connectivity index (χ3n) is 4.54. The molecule has 0 amide bonds. The summed E-state index contributed by atoms with van der Waals surface area (Å²) in [5.74, 6) is 0.911. The summed E-state index contributed by atoms with van der Waals surface area (Å²) in [6.45, 7) is 0. The van der Waals surface area contributed by atoms with Gasteiger partial charge in [-0.1, -0.05) is 24.6 Å². The van der Waals surface area contributed by atoms with Crippen LogP contribution in [0.2, 0.25) is 0 Å². The Labute approximate surface area is 119 Å². The van der Waals surface area contributed by atoms with Gasteiger partial charge in [-0.3, -0.25) is 4.98 Å². The van der Waals surface area contributed by atoms with E-state index >= 15 is 0 Å². The molecule has 1 aromatic heterocycles. The molecule has 2 aliphatic rings. The molecule has 2 aliphatic heterocycles. The van der Waals surface area contributed by atoms with Crippen molar-refractivity contribution >= 4 is 10.9 Å². The van der Waals surface area contributed by atoms with E-state index in [9.17, 15) is 0 Å². The Morgan fingerprint density at radius 3 is 2.75 bits per heavy atom. The molecule has 2 atom stereocenters. The van der Waals surface area contributed by atoms with Gasteiger partial charge in [0.1, 0.15) is 11.9 Å². The molecule has 1 N–H and O–H groups in total. The number of hydrogen-bond donors (Lipinski definition) is 1. The molecule has 2 fully saturated rings. The van der Waals surface area contributed by atoms with Gasteiger partial charge in [-0.2, -0.15) is 0 Å². The van der Waals surface area contributed by atoms with Crippen molar-refractivity contribution in [2.75, 3.05) is 0 Å². The lowest BCUT2D eigenvalue weighted by Crippen LogP contribution is -2.51. The van der Waals surface area contributed by atoms with E-state index in [4.69, 9.17) is 4.74 Å². The van der Waals surface area contributed by atoms with Crippen molar-refractivity contribution in [3.63, 3.8) is 0 Å². The van der Waals surface area contributed by atoms with Gasteiger partial charge in [0.25, 0.3) is 0 Å². The van der Waals surface area contributed by atoms with Crippen LogP contribution in [0.15, 0.2) is 36.5 Å². The first kappa shape index (κ1) is 12.2. The second kappa shape index (κ2) is 5.06. The van der Waals surface area contributed by atoms with Crippen LogP contribution >= 0.6 is 0 Å². The topological polar surface area (TPSA) is 34.1 Å². The number of nitrogens with zero attached hydrogens (tertiary/aromatic N) is 1. The first-order chi connectivity index (χ1) is 9.87. The molecule has 3 heterocycles. The van der Waals surface area contributed by atoms with Gasteiger partial charge in [0, 0.05) is 17.5 Å². The van der Waals surface area contributed by atoms with Gasteiger partial charge in [0.05, 0.1) is 11.7 Å². The van der Waals surface area contributed by atoms with Crippen LogP contribution in [0, 0.1) is 0 Å². The second-order valence-electron chi connectivity index (χ2n) is 6.07. The average molecular weight is 268 g/mol. The van der Waals surface area contributed by atoms with Gasteiger partial charge < -0.3 is 10.1 Å². The zero-order chi connectivity index (χ0) is 13.4. The smallest absolute Gasteiger partial charge is 0.138 e. The lowest BCUT2D eigenvalue weighted by Gasteiger charge is -2.40.